The van der Waals surface area contributed by atoms with Crippen molar-refractivity contribution in [3.63, 3.8) is 0 Å². The Labute approximate surface area is 146 Å². The molecule has 0 radical (unpaired) electrons. The van der Waals surface area contributed by atoms with E-state index in [9.17, 15) is 13.4 Å². The van der Waals surface area contributed by atoms with Gasteiger partial charge in [0.2, 0.25) is 0 Å². The van der Waals surface area contributed by atoms with E-state index in [4.69, 9.17) is 0 Å². The van der Waals surface area contributed by atoms with Crippen LogP contribution >= 0.6 is 0 Å². The van der Waals surface area contributed by atoms with Crippen molar-refractivity contribution in [1.29, 1.82) is 0 Å². The molecule has 0 bridgehead atoms. The highest BCUT2D eigenvalue weighted by atomic mass is 32.2. The van der Waals surface area contributed by atoms with Crippen LogP contribution in [0.2, 0.25) is 0 Å². The summed E-state index contributed by atoms with van der Waals surface area (Å²) >= 11 is 0. The molecular formula is C18H16FN3O2S. The number of nitrogens with zero attached hydrogens (tertiary/aromatic N) is 2. The number of anilines is 1. The van der Waals surface area contributed by atoms with Crippen LogP contribution in [-0.4, -0.2) is 26.2 Å². The Bertz CT molecular complexity index is 939. The fraction of sp³-hybridized carbons (Fsp3) is 0.111. The number of amides is 1. The third-order valence-corrected chi connectivity index (χ3v) is 4.22. The number of carbonyl (C=O) groups is 1. The van der Waals surface area contributed by atoms with Crippen molar-refractivity contribution in [2.75, 3.05) is 11.6 Å². The van der Waals surface area contributed by atoms with Crippen LogP contribution in [0.25, 0.3) is 5.69 Å². The summed E-state index contributed by atoms with van der Waals surface area (Å²) in [5, 5.41) is 6.87. The van der Waals surface area contributed by atoms with Gasteiger partial charge in [0.05, 0.1) is 0 Å². The van der Waals surface area contributed by atoms with Gasteiger partial charge in [-0.1, -0.05) is 24.3 Å². The van der Waals surface area contributed by atoms with Crippen LogP contribution in [0.1, 0.15) is 16.1 Å². The molecule has 1 N–H and O–H groups in total. The summed E-state index contributed by atoms with van der Waals surface area (Å²) < 4.78 is 26.4. The number of aromatic nitrogens is 2. The number of halogens is 1. The fourth-order valence-electron chi connectivity index (χ4n) is 2.39. The second-order valence-corrected chi connectivity index (χ2v) is 6.90. The van der Waals surface area contributed by atoms with E-state index in [1.54, 1.807) is 42.7 Å². The van der Waals surface area contributed by atoms with E-state index in [0.29, 0.717) is 11.4 Å². The second kappa shape index (κ2) is 7.40. The molecule has 5 nitrogen and oxygen atoms in total. The van der Waals surface area contributed by atoms with Gasteiger partial charge in [0, 0.05) is 34.7 Å². The molecule has 0 aliphatic carbocycles. The van der Waals surface area contributed by atoms with Crippen LogP contribution in [0.5, 0.6) is 0 Å². The first-order valence-corrected chi connectivity index (χ1v) is 9.26. The molecule has 0 spiro atoms. The molecule has 1 amide bonds. The molecule has 3 rings (SSSR count). The minimum Gasteiger partial charge on any atom is -0.321 e. The molecule has 3 aromatic rings. The van der Waals surface area contributed by atoms with Crippen molar-refractivity contribution in [3.05, 3.63) is 77.9 Å². The van der Waals surface area contributed by atoms with E-state index in [0.717, 1.165) is 5.56 Å². The first-order valence-electron chi connectivity index (χ1n) is 7.54. The number of hydrogen-bond donors (Lipinski definition) is 1. The quantitative estimate of drug-likeness (QED) is 0.763. The largest absolute Gasteiger partial charge is 0.321 e. The second-order valence-electron chi connectivity index (χ2n) is 5.47. The van der Waals surface area contributed by atoms with E-state index in [-0.39, 0.29) is 11.4 Å². The van der Waals surface area contributed by atoms with E-state index in [2.05, 4.69) is 10.4 Å². The lowest BCUT2D eigenvalue weighted by atomic mass is 10.2. The van der Waals surface area contributed by atoms with Gasteiger partial charge in [-0.2, -0.15) is 5.10 Å². The van der Waals surface area contributed by atoms with Crippen molar-refractivity contribution in [3.8, 4) is 5.69 Å². The molecule has 0 fully saturated rings. The predicted octanol–water partition coefficient (Wildman–Crippen LogP) is 3.14. The maximum absolute atomic E-state index is 13.8. The molecule has 25 heavy (non-hydrogen) atoms. The SMILES string of the molecule is CS(=O)Cc1cccc(NC(=O)c2ccn(-c3ccccc3F)n2)c1. The standard InChI is InChI=1S/C18H16FN3O2S/c1-25(24)12-13-5-4-6-14(11-13)20-18(23)16-9-10-22(21-16)17-8-3-2-7-15(17)19/h2-11H,12H2,1H3,(H,20,23). The Morgan fingerprint density at radius 2 is 2.00 bits per heavy atom. The third-order valence-electron chi connectivity index (χ3n) is 3.48. The van der Waals surface area contributed by atoms with E-state index >= 15 is 0 Å². The highest BCUT2D eigenvalue weighted by Gasteiger charge is 2.12. The zero-order valence-electron chi connectivity index (χ0n) is 13.5. The fourth-order valence-corrected chi connectivity index (χ4v) is 3.03. The van der Waals surface area contributed by atoms with Gasteiger partial charge in [0.25, 0.3) is 5.91 Å². The third kappa shape index (κ3) is 4.19. The number of rotatable bonds is 5. The van der Waals surface area contributed by atoms with Gasteiger partial charge in [-0.05, 0) is 35.9 Å². The number of benzene rings is 2. The van der Waals surface area contributed by atoms with Crippen LogP contribution in [-0.2, 0) is 16.6 Å². The minimum atomic E-state index is -0.958. The van der Waals surface area contributed by atoms with E-state index < -0.39 is 22.5 Å². The topological polar surface area (TPSA) is 64.0 Å². The summed E-state index contributed by atoms with van der Waals surface area (Å²) in [4.78, 5) is 12.3. The normalized spacial score (nSPS) is 11.9. The maximum Gasteiger partial charge on any atom is 0.276 e. The molecule has 0 aliphatic rings. The molecule has 7 heteroatoms. The molecular weight excluding hydrogens is 341 g/mol. The number of nitrogens with one attached hydrogen (secondary N) is 1. The van der Waals surface area contributed by atoms with Gasteiger partial charge < -0.3 is 5.32 Å². The molecule has 0 aliphatic heterocycles. The monoisotopic (exact) mass is 357 g/mol. The smallest absolute Gasteiger partial charge is 0.276 e. The van der Waals surface area contributed by atoms with Crippen LogP contribution in [0.4, 0.5) is 10.1 Å². The summed E-state index contributed by atoms with van der Waals surface area (Å²) in [6, 6.07) is 14.9. The first kappa shape index (κ1) is 17.0. The number of para-hydroxylation sites is 1. The van der Waals surface area contributed by atoms with Crippen molar-refractivity contribution in [2.45, 2.75) is 5.75 Å². The Hall–Kier alpha value is -2.80. The lowest BCUT2D eigenvalue weighted by molar-refractivity contribution is 0.102. The van der Waals surface area contributed by atoms with Crippen LogP contribution in [0.3, 0.4) is 0 Å². The highest BCUT2D eigenvalue weighted by molar-refractivity contribution is 7.83. The van der Waals surface area contributed by atoms with E-state index in [1.807, 2.05) is 6.07 Å². The lowest BCUT2D eigenvalue weighted by Crippen LogP contribution is -2.13. The van der Waals surface area contributed by atoms with Gasteiger partial charge in [-0.15, -0.1) is 0 Å². The lowest BCUT2D eigenvalue weighted by Gasteiger charge is -2.06. The molecule has 1 heterocycles. The summed E-state index contributed by atoms with van der Waals surface area (Å²) in [6.45, 7) is 0. The molecule has 1 aromatic heterocycles. The van der Waals surface area contributed by atoms with E-state index in [1.165, 1.54) is 23.0 Å². The minimum absolute atomic E-state index is 0.174. The summed E-state index contributed by atoms with van der Waals surface area (Å²) in [6.07, 6.45) is 3.16. The molecule has 128 valence electrons. The Morgan fingerprint density at radius 1 is 1.20 bits per heavy atom. The van der Waals surface area contributed by atoms with Crippen molar-refractivity contribution in [1.82, 2.24) is 9.78 Å². The predicted molar refractivity (Wildman–Crippen MR) is 95.7 cm³/mol. The van der Waals surface area contributed by atoms with Gasteiger partial charge >= 0.3 is 0 Å². The van der Waals surface area contributed by atoms with Crippen molar-refractivity contribution < 1.29 is 13.4 Å². The average Bonchev–Trinajstić information content (AvgIpc) is 3.05. The number of hydrogen-bond acceptors (Lipinski definition) is 3. The summed E-state index contributed by atoms with van der Waals surface area (Å²) in [5.74, 6) is -0.395. The molecule has 1 unspecified atom stereocenters. The highest BCUT2D eigenvalue weighted by Crippen LogP contribution is 2.15. The average molecular weight is 357 g/mol. The zero-order valence-corrected chi connectivity index (χ0v) is 14.3. The maximum atomic E-state index is 13.8. The molecule has 1 atom stereocenters. The van der Waals surface area contributed by atoms with Gasteiger partial charge in [0.15, 0.2) is 5.69 Å². The molecule has 0 saturated heterocycles. The van der Waals surface area contributed by atoms with Gasteiger partial charge in [-0.25, -0.2) is 9.07 Å². The van der Waals surface area contributed by atoms with Crippen LogP contribution in [0.15, 0.2) is 60.8 Å². The van der Waals surface area contributed by atoms with Crippen molar-refractivity contribution >= 4 is 22.4 Å². The Kier molecular flexibility index (Phi) is 5.04. The molecule has 0 saturated carbocycles. The first-order chi connectivity index (χ1) is 12.0. The van der Waals surface area contributed by atoms with Gasteiger partial charge in [0.1, 0.15) is 11.5 Å². The molecule has 2 aromatic carbocycles. The van der Waals surface area contributed by atoms with Crippen LogP contribution in [0, 0.1) is 5.82 Å². The van der Waals surface area contributed by atoms with Crippen molar-refractivity contribution in [2.24, 2.45) is 0 Å². The summed E-state index contributed by atoms with van der Waals surface area (Å²) in [7, 11) is -0.958. The number of carbonyl (C=O) groups excluding carboxylic acids is 1. The zero-order chi connectivity index (χ0) is 17.8. The van der Waals surface area contributed by atoms with Gasteiger partial charge in [-0.3, -0.25) is 9.00 Å². The Morgan fingerprint density at radius 3 is 2.76 bits per heavy atom. The summed E-state index contributed by atoms with van der Waals surface area (Å²) in [5.41, 5.74) is 1.91. The Balaban J connectivity index is 1.76. The van der Waals surface area contributed by atoms with Crippen LogP contribution < -0.4 is 5.32 Å².